The van der Waals surface area contributed by atoms with Crippen molar-refractivity contribution in [3.05, 3.63) is 36.4 Å². The van der Waals surface area contributed by atoms with Crippen LogP contribution in [0.15, 0.2) is 40.1 Å². The molecule has 0 aliphatic carbocycles. The van der Waals surface area contributed by atoms with E-state index in [4.69, 9.17) is 4.42 Å². The van der Waals surface area contributed by atoms with E-state index in [-0.39, 0.29) is 10.9 Å². The van der Waals surface area contributed by atoms with Crippen molar-refractivity contribution >= 4 is 21.9 Å². The Morgan fingerprint density at radius 1 is 1.12 bits per heavy atom. The second-order valence-electron chi connectivity index (χ2n) is 5.84. The SMILES string of the molecule is O=C(NCCNc1ncccn1)c1ccc(S(=O)(=O)N2CCCCC2)o1. The zero-order valence-corrected chi connectivity index (χ0v) is 15.0. The highest BCUT2D eigenvalue weighted by Crippen LogP contribution is 2.22. The van der Waals surface area contributed by atoms with Crippen molar-refractivity contribution in [2.24, 2.45) is 0 Å². The highest BCUT2D eigenvalue weighted by molar-refractivity contribution is 7.89. The van der Waals surface area contributed by atoms with Crippen LogP contribution in [0.1, 0.15) is 29.8 Å². The molecule has 0 atom stereocenters. The van der Waals surface area contributed by atoms with Crippen molar-refractivity contribution in [2.45, 2.75) is 24.4 Å². The van der Waals surface area contributed by atoms with Crippen LogP contribution in [0.5, 0.6) is 0 Å². The summed E-state index contributed by atoms with van der Waals surface area (Å²) in [7, 11) is -3.68. The maximum Gasteiger partial charge on any atom is 0.287 e. The number of carbonyl (C=O) groups excluding carboxylic acids is 1. The molecular weight excluding hydrogens is 358 g/mol. The maximum atomic E-state index is 12.5. The summed E-state index contributed by atoms with van der Waals surface area (Å²) in [6.45, 7) is 1.71. The van der Waals surface area contributed by atoms with E-state index in [1.165, 1.54) is 16.4 Å². The normalized spacial score (nSPS) is 15.5. The lowest BCUT2D eigenvalue weighted by Crippen LogP contribution is -2.35. The topological polar surface area (TPSA) is 117 Å². The number of nitrogens with one attached hydrogen (secondary N) is 2. The predicted molar refractivity (Wildman–Crippen MR) is 94.2 cm³/mol. The van der Waals surface area contributed by atoms with Crippen molar-refractivity contribution in [1.29, 1.82) is 0 Å². The number of rotatable bonds is 7. The lowest BCUT2D eigenvalue weighted by molar-refractivity contribution is 0.0922. The van der Waals surface area contributed by atoms with E-state index in [9.17, 15) is 13.2 Å². The number of furan rings is 1. The molecule has 9 nitrogen and oxygen atoms in total. The Morgan fingerprint density at radius 3 is 2.58 bits per heavy atom. The van der Waals surface area contributed by atoms with Gasteiger partial charge in [-0.15, -0.1) is 0 Å². The summed E-state index contributed by atoms with van der Waals surface area (Å²) in [5.41, 5.74) is 0. The van der Waals surface area contributed by atoms with Crippen LogP contribution in [0.3, 0.4) is 0 Å². The largest absolute Gasteiger partial charge is 0.438 e. The van der Waals surface area contributed by atoms with Crippen LogP contribution < -0.4 is 10.6 Å². The molecule has 3 heterocycles. The Bertz CT molecular complexity index is 831. The van der Waals surface area contributed by atoms with E-state index in [1.54, 1.807) is 18.5 Å². The number of nitrogens with zero attached hydrogens (tertiary/aromatic N) is 3. The molecule has 2 N–H and O–H groups in total. The van der Waals surface area contributed by atoms with Gasteiger partial charge in [0.1, 0.15) is 0 Å². The predicted octanol–water partition coefficient (Wildman–Crippen LogP) is 1.09. The first-order valence-corrected chi connectivity index (χ1v) is 9.90. The standard InChI is InChI=1S/C16H21N5O4S/c22-15(17-9-10-20-16-18-7-4-8-19-16)13-5-6-14(25-13)26(23,24)21-11-2-1-3-12-21/h4-8H,1-3,9-12H2,(H,17,22)(H,18,19,20). The van der Waals surface area contributed by atoms with Crippen LogP contribution >= 0.6 is 0 Å². The highest BCUT2D eigenvalue weighted by atomic mass is 32.2. The van der Waals surface area contributed by atoms with Gasteiger partial charge in [0, 0.05) is 38.6 Å². The molecule has 0 unspecified atom stereocenters. The minimum Gasteiger partial charge on any atom is -0.438 e. The molecule has 0 radical (unpaired) electrons. The van der Waals surface area contributed by atoms with E-state index >= 15 is 0 Å². The quantitative estimate of drug-likeness (QED) is 0.691. The smallest absolute Gasteiger partial charge is 0.287 e. The second kappa shape index (κ2) is 8.28. The van der Waals surface area contributed by atoms with Gasteiger partial charge in [0.2, 0.25) is 11.0 Å². The number of piperidine rings is 1. The minimum absolute atomic E-state index is 0.0310. The lowest BCUT2D eigenvalue weighted by atomic mass is 10.2. The third kappa shape index (κ3) is 4.38. The molecule has 1 amide bonds. The number of hydrogen-bond donors (Lipinski definition) is 2. The van der Waals surface area contributed by atoms with Crippen LogP contribution in [0.25, 0.3) is 0 Å². The fourth-order valence-electron chi connectivity index (χ4n) is 2.64. The van der Waals surface area contributed by atoms with E-state index in [2.05, 4.69) is 20.6 Å². The van der Waals surface area contributed by atoms with Gasteiger partial charge in [-0.2, -0.15) is 4.31 Å². The zero-order chi connectivity index (χ0) is 18.4. The molecule has 1 fully saturated rings. The van der Waals surface area contributed by atoms with Gasteiger partial charge in [-0.3, -0.25) is 4.79 Å². The molecule has 10 heteroatoms. The number of carbonyl (C=O) groups is 1. The minimum atomic E-state index is -3.68. The first-order chi connectivity index (χ1) is 12.6. The summed E-state index contributed by atoms with van der Waals surface area (Å²) < 4.78 is 31.7. The first-order valence-electron chi connectivity index (χ1n) is 8.46. The van der Waals surface area contributed by atoms with Crippen molar-refractivity contribution in [3.8, 4) is 0 Å². The van der Waals surface area contributed by atoms with Gasteiger partial charge in [-0.05, 0) is 31.0 Å². The molecule has 0 bridgehead atoms. The number of hydrogen-bond acceptors (Lipinski definition) is 7. The third-order valence-electron chi connectivity index (χ3n) is 3.97. The number of sulfonamides is 1. The van der Waals surface area contributed by atoms with Gasteiger partial charge in [0.15, 0.2) is 5.76 Å². The molecule has 2 aromatic rings. The molecule has 3 rings (SSSR count). The fraction of sp³-hybridized carbons (Fsp3) is 0.438. The Balaban J connectivity index is 1.52. The van der Waals surface area contributed by atoms with Gasteiger partial charge in [0.05, 0.1) is 0 Å². The van der Waals surface area contributed by atoms with E-state index < -0.39 is 15.9 Å². The Kier molecular flexibility index (Phi) is 5.84. The van der Waals surface area contributed by atoms with Crippen molar-refractivity contribution in [1.82, 2.24) is 19.6 Å². The van der Waals surface area contributed by atoms with Crippen LogP contribution in [0.4, 0.5) is 5.95 Å². The summed E-state index contributed by atoms with van der Waals surface area (Å²) in [6.07, 6.45) is 5.93. The molecule has 26 heavy (non-hydrogen) atoms. The maximum absolute atomic E-state index is 12.5. The third-order valence-corrected chi connectivity index (χ3v) is 5.75. The van der Waals surface area contributed by atoms with E-state index in [1.807, 2.05) is 0 Å². The molecule has 0 spiro atoms. The number of aromatic nitrogens is 2. The average molecular weight is 379 g/mol. The molecule has 0 saturated carbocycles. The van der Waals surface area contributed by atoms with Gasteiger partial charge in [-0.25, -0.2) is 18.4 Å². The molecule has 140 valence electrons. The summed E-state index contributed by atoms with van der Waals surface area (Å²) in [5, 5.41) is 5.41. The van der Waals surface area contributed by atoms with Gasteiger partial charge < -0.3 is 15.1 Å². The summed E-state index contributed by atoms with van der Waals surface area (Å²) >= 11 is 0. The zero-order valence-electron chi connectivity index (χ0n) is 14.2. The molecule has 1 aliphatic heterocycles. The van der Waals surface area contributed by atoms with Crippen LogP contribution in [0, 0.1) is 0 Å². The highest BCUT2D eigenvalue weighted by Gasteiger charge is 2.29. The number of amides is 1. The summed E-state index contributed by atoms with van der Waals surface area (Å²) in [4.78, 5) is 20.1. The van der Waals surface area contributed by atoms with Crippen LogP contribution in [0.2, 0.25) is 0 Å². The molecular formula is C16H21N5O4S. The van der Waals surface area contributed by atoms with E-state index in [0.717, 1.165) is 19.3 Å². The van der Waals surface area contributed by atoms with Crippen molar-refractivity contribution in [3.63, 3.8) is 0 Å². The van der Waals surface area contributed by atoms with Crippen molar-refractivity contribution in [2.75, 3.05) is 31.5 Å². The van der Waals surface area contributed by atoms with Crippen LogP contribution in [-0.4, -0.2) is 54.8 Å². The van der Waals surface area contributed by atoms with Crippen molar-refractivity contribution < 1.29 is 17.6 Å². The second-order valence-corrected chi connectivity index (χ2v) is 7.71. The Morgan fingerprint density at radius 2 is 1.85 bits per heavy atom. The molecule has 0 aromatic carbocycles. The van der Waals surface area contributed by atoms with Gasteiger partial charge >= 0.3 is 0 Å². The number of anilines is 1. The Hall–Kier alpha value is -2.46. The molecule has 1 aliphatic rings. The Labute approximate surface area is 151 Å². The molecule has 2 aromatic heterocycles. The van der Waals surface area contributed by atoms with E-state index in [0.29, 0.717) is 32.1 Å². The average Bonchev–Trinajstić information content (AvgIpc) is 3.18. The lowest BCUT2D eigenvalue weighted by Gasteiger charge is -2.24. The monoisotopic (exact) mass is 379 g/mol. The first kappa shape index (κ1) is 18.3. The van der Waals surface area contributed by atoms with Gasteiger partial charge in [0.25, 0.3) is 15.9 Å². The van der Waals surface area contributed by atoms with Crippen LogP contribution in [-0.2, 0) is 10.0 Å². The van der Waals surface area contributed by atoms with Gasteiger partial charge in [-0.1, -0.05) is 6.42 Å². The molecule has 1 saturated heterocycles. The summed E-state index contributed by atoms with van der Waals surface area (Å²) in [5.74, 6) is -0.0351. The fourth-order valence-corrected chi connectivity index (χ4v) is 4.07. The summed E-state index contributed by atoms with van der Waals surface area (Å²) in [6, 6.07) is 4.41.